The second-order valence-corrected chi connectivity index (χ2v) is 8.11. The van der Waals surface area contributed by atoms with E-state index in [0.29, 0.717) is 0 Å². The Morgan fingerprint density at radius 1 is 1.06 bits per heavy atom. The number of carbonyl (C=O) groups is 2. The molecule has 1 unspecified atom stereocenters. The molecule has 0 aliphatic rings. The molecule has 31 heavy (non-hydrogen) atoms. The lowest BCUT2D eigenvalue weighted by Gasteiger charge is -2.28. The van der Waals surface area contributed by atoms with Crippen LogP contribution in [0.4, 0.5) is 5.13 Å². The average Bonchev–Trinajstić information content (AvgIpc) is 3.18. The van der Waals surface area contributed by atoms with Crippen molar-refractivity contribution in [2.75, 3.05) is 5.73 Å². The maximum atomic E-state index is 13.0. The van der Waals surface area contributed by atoms with Crippen molar-refractivity contribution in [1.29, 1.82) is 0 Å². The van der Waals surface area contributed by atoms with E-state index in [-0.39, 0.29) is 10.8 Å². The lowest BCUT2D eigenvalue weighted by atomic mass is 10.0. The Morgan fingerprint density at radius 2 is 1.61 bits per heavy atom. The van der Waals surface area contributed by atoms with Gasteiger partial charge in [-0.15, -0.1) is 11.3 Å². The molecule has 1 atom stereocenters. The fraction of sp³-hybridized carbons (Fsp3) is 0.227. The third kappa shape index (κ3) is 5.66. The van der Waals surface area contributed by atoms with Gasteiger partial charge in [-0.05, 0) is 25.0 Å². The maximum absolute atomic E-state index is 13.0. The second-order valence-electron chi connectivity index (χ2n) is 7.22. The highest BCUT2D eigenvalue weighted by Crippen LogP contribution is 2.28. The molecule has 0 spiro atoms. The monoisotopic (exact) mass is 441 g/mol. The molecule has 0 amide bonds. The van der Waals surface area contributed by atoms with E-state index in [1.54, 1.807) is 0 Å². The van der Waals surface area contributed by atoms with E-state index in [2.05, 4.69) is 10.5 Å². The van der Waals surface area contributed by atoms with Gasteiger partial charge in [0.2, 0.25) is 0 Å². The van der Waals surface area contributed by atoms with Crippen molar-refractivity contribution in [2.24, 2.45) is 0 Å². The molecule has 3 rings (SSSR count). The summed E-state index contributed by atoms with van der Waals surface area (Å²) in [6, 6.07) is 17.4. The summed E-state index contributed by atoms with van der Waals surface area (Å²) in [6.45, 7) is 2.98. The molecule has 0 fully saturated rings. The van der Waals surface area contributed by atoms with Gasteiger partial charge < -0.3 is 15.6 Å². The SMILES string of the molecule is CC(C)(ONC(C(=O)O)c1csc(N)n1)C(=O)OC(c1ccccc1)c1ccccc1. The van der Waals surface area contributed by atoms with Gasteiger partial charge in [0.25, 0.3) is 0 Å². The number of anilines is 1. The summed E-state index contributed by atoms with van der Waals surface area (Å²) in [6.07, 6.45) is -0.647. The van der Waals surface area contributed by atoms with Gasteiger partial charge in [-0.2, -0.15) is 5.48 Å². The van der Waals surface area contributed by atoms with E-state index in [1.807, 2.05) is 60.7 Å². The predicted molar refractivity (Wildman–Crippen MR) is 116 cm³/mol. The smallest absolute Gasteiger partial charge is 0.340 e. The zero-order valence-electron chi connectivity index (χ0n) is 17.0. The van der Waals surface area contributed by atoms with Gasteiger partial charge in [0, 0.05) is 5.38 Å². The highest BCUT2D eigenvalue weighted by molar-refractivity contribution is 7.13. The highest BCUT2D eigenvalue weighted by atomic mass is 32.1. The number of rotatable bonds is 9. The quantitative estimate of drug-likeness (QED) is 0.341. The minimum absolute atomic E-state index is 0.186. The van der Waals surface area contributed by atoms with Crippen molar-refractivity contribution in [3.05, 3.63) is 82.9 Å². The number of carbonyl (C=O) groups excluding carboxylic acids is 1. The molecule has 162 valence electrons. The number of hydrogen-bond donors (Lipinski definition) is 3. The Labute approximate surface area is 183 Å². The van der Waals surface area contributed by atoms with Gasteiger partial charge in [0.15, 0.2) is 22.9 Å². The molecular weight excluding hydrogens is 418 g/mol. The molecule has 0 saturated carbocycles. The number of nitrogen functional groups attached to an aromatic ring is 1. The number of nitrogens with one attached hydrogen (secondary N) is 1. The van der Waals surface area contributed by atoms with Gasteiger partial charge in [-0.25, -0.2) is 9.78 Å². The van der Waals surface area contributed by atoms with Crippen molar-refractivity contribution in [3.8, 4) is 0 Å². The number of thiazole rings is 1. The summed E-state index contributed by atoms with van der Waals surface area (Å²) in [4.78, 5) is 34.0. The van der Waals surface area contributed by atoms with Crippen LogP contribution < -0.4 is 11.2 Å². The van der Waals surface area contributed by atoms with Crippen LogP contribution in [0.3, 0.4) is 0 Å². The Morgan fingerprint density at radius 3 is 2.06 bits per heavy atom. The number of carboxylic acid groups (broad SMARTS) is 1. The van der Waals surface area contributed by atoms with Crippen molar-refractivity contribution in [1.82, 2.24) is 10.5 Å². The number of carboxylic acids is 1. The standard InChI is InChI=1S/C22H23N3O5S/c1-22(2,30-25-17(19(26)27)16-13-31-21(23)24-16)20(28)29-18(14-9-5-3-6-10-14)15-11-7-4-8-12-15/h3-13,17-18,25H,1-2H3,(H2,23,24)(H,26,27). The lowest BCUT2D eigenvalue weighted by Crippen LogP contribution is -2.44. The molecule has 0 bridgehead atoms. The molecule has 9 heteroatoms. The summed E-state index contributed by atoms with van der Waals surface area (Å²) in [5.74, 6) is -1.89. The minimum atomic E-state index is -1.49. The molecular formula is C22H23N3O5S. The molecule has 0 saturated heterocycles. The van der Waals surface area contributed by atoms with Crippen LogP contribution in [-0.2, 0) is 19.2 Å². The third-order valence-corrected chi connectivity index (χ3v) is 5.13. The molecule has 3 aromatic rings. The Hall–Kier alpha value is -3.27. The van der Waals surface area contributed by atoms with Crippen LogP contribution in [0.2, 0.25) is 0 Å². The van der Waals surface area contributed by atoms with Crippen LogP contribution in [0.1, 0.15) is 42.8 Å². The third-order valence-electron chi connectivity index (χ3n) is 4.44. The molecule has 8 nitrogen and oxygen atoms in total. The number of aliphatic carboxylic acids is 1. The van der Waals surface area contributed by atoms with E-state index in [1.165, 1.54) is 19.2 Å². The van der Waals surface area contributed by atoms with Crippen LogP contribution in [0.15, 0.2) is 66.0 Å². The average molecular weight is 442 g/mol. The Balaban J connectivity index is 1.75. The number of benzene rings is 2. The molecule has 1 heterocycles. The first kappa shape index (κ1) is 22.4. The zero-order chi connectivity index (χ0) is 22.4. The number of hydroxylamine groups is 1. The lowest BCUT2D eigenvalue weighted by molar-refractivity contribution is -0.187. The highest BCUT2D eigenvalue weighted by Gasteiger charge is 2.36. The number of esters is 1. The van der Waals surface area contributed by atoms with Crippen molar-refractivity contribution in [2.45, 2.75) is 31.6 Å². The van der Waals surface area contributed by atoms with E-state index in [9.17, 15) is 14.7 Å². The minimum Gasteiger partial charge on any atom is -0.480 e. The predicted octanol–water partition coefficient (Wildman–Crippen LogP) is 3.48. The van der Waals surface area contributed by atoms with Crippen molar-refractivity contribution in [3.63, 3.8) is 0 Å². The largest absolute Gasteiger partial charge is 0.480 e. The molecule has 0 radical (unpaired) electrons. The molecule has 0 aliphatic heterocycles. The van der Waals surface area contributed by atoms with Gasteiger partial charge in [-0.3, -0.25) is 9.63 Å². The summed E-state index contributed by atoms with van der Waals surface area (Å²) in [5.41, 5.74) is 8.29. The van der Waals surface area contributed by atoms with Crippen LogP contribution in [0.5, 0.6) is 0 Å². The Kier molecular flexibility index (Phi) is 7.01. The fourth-order valence-electron chi connectivity index (χ4n) is 2.75. The molecule has 1 aromatic heterocycles. The number of hydrogen-bond acceptors (Lipinski definition) is 8. The number of ether oxygens (including phenoxy) is 1. The van der Waals surface area contributed by atoms with Crippen LogP contribution in [0, 0.1) is 0 Å². The van der Waals surface area contributed by atoms with Gasteiger partial charge >= 0.3 is 11.9 Å². The van der Waals surface area contributed by atoms with Crippen molar-refractivity contribution >= 4 is 28.4 Å². The van der Waals surface area contributed by atoms with Gasteiger partial charge in [0.05, 0.1) is 5.69 Å². The van der Waals surface area contributed by atoms with E-state index in [0.717, 1.165) is 22.5 Å². The van der Waals surface area contributed by atoms with Crippen LogP contribution >= 0.6 is 11.3 Å². The first-order valence-corrected chi connectivity index (χ1v) is 10.3. The fourth-order valence-corrected chi connectivity index (χ4v) is 3.34. The van der Waals surface area contributed by atoms with Crippen LogP contribution in [-0.4, -0.2) is 27.6 Å². The first-order chi connectivity index (χ1) is 14.8. The number of aromatic nitrogens is 1. The zero-order valence-corrected chi connectivity index (χ0v) is 17.8. The molecule has 4 N–H and O–H groups in total. The second kappa shape index (κ2) is 9.69. The number of nitrogens with zero attached hydrogens (tertiary/aromatic N) is 1. The topological polar surface area (TPSA) is 124 Å². The van der Waals surface area contributed by atoms with Crippen molar-refractivity contribution < 1.29 is 24.3 Å². The maximum Gasteiger partial charge on any atom is 0.340 e. The van der Waals surface area contributed by atoms with E-state index in [4.69, 9.17) is 15.3 Å². The van der Waals surface area contributed by atoms with E-state index < -0.39 is 29.7 Å². The summed E-state index contributed by atoms with van der Waals surface area (Å²) in [7, 11) is 0. The first-order valence-electron chi connectivity index (χ1n) is 9.46. The van der Waals surface area contributed by atoms with Crippen LogP contribution in [0.25, 0.3) is 0 Å². The molecule has 2 aromatic carbocycles. The summed E-state index contributed by atoms with van der Waals surface area (Å²) in [5, 5.41) is 11.2. The summed E-state index contributed by atoms with van der Waals surface area (Å²) < 4.78 is 5.81. The summed E-state index contributed by atoms with van der Waals surface area (Å²) >= 11 is 1.11. The van der Waals surface area contributed by atoms with Gasteiger partial charge in [0.1, 0.15) is 0 Å². The number of nitrogens with two attached hydrogens (primary N) is 1. The molecule has 0 aliphatic carbocycles. The van der Waals surface area contributed by atoms with Gasteiger partial charge in [-0.1, -0.05) is 60.7 Å². The van der Waals surface area contributed by atoms with E-state index >= 15 is 0 Å². The normalized spacial score (nSPS) is 12.5. The Bertz CT molecular complexity index is 984.